The monoisotopic (exact) mass is 340 g/mol. The van der Waals surface area contributed by atoms with E-state index in [0.717, 1.165) is 16.7 Å². The molecule has 6 nitrogen and oxygen atoms in total. The van der Waals surface area contributed by atoms with Crippen molar-refractivity contribution >= 4 is 22.7 Å². The Morgan fingerprint density at radius 1 is 1.04 bits per heavy atom. The average molecular weight is 340 g/mol. The highest BCUT2D eigenvalue weighted by Gasteiger charge is 2.08. The van der Waals surface area contributed by atoms with Crippen LogP contribution in [0.5, 0.6) is 11.5 Å². The Hall–Kier alpha value is -3.15. The summed E-state index contributed by atoms with van der Waals surface area (Å²) >= 11 is 0. The van der Waals surface area contributed by atoms with Crippen molar-refractivity contribution in [2.75, 3.05) is 26.1 Å². The van der Waals surface area contributed by atoms with Crippen molar-refractivity contribution in [3.63, 3.8) is 0 Å². The summed E-state index contributed by atoms with van der Waals surface area (Å²) in [7, 11) is 3.12. The number of hydrogen-bond acceptors (Lipinski definition) is 4. The maximum absolute atomic E-state index is 12.0. The lowest BCUT2D eigenvalue weighted by Gasteiger charge is -2.11. The van der Waals surface area contributed by atoms with E-state index in [0.29, 0.717) is 30.2 Å². The molecule has 0 aliphatic carbocycles. The van der Waals surface area contributed by atoms with E-state index in [2.05, 4.69) is 10.6 Å². The first-order chi connectivity index (χ1) is 12.2. The molecule has 130 valence electrons. The van der Waals surface area contributed by atoms with Gasteiger partial charge in [0.15, 0.2) is 11.5 Å². The molecular weight excluding hydrogens is 320 g/mol. The van der Waals surface area contributed by atoms with E-state index < -0.39 is 0 Å². The van der Waals surface area contributed by atoms with Gasteiger partial charge in [-0.2, -0.15) is 0 Å². The second kappa shape index (κ2) is 7.61. The van der Waals surface area contributed by atoms with Gasteiger partial charge in [0.05, 0.1) is 14.2 Å². The molecule has 0 aliphatic rings. The molecule has 6 heteroatoms. The number of benzene rings is 2. The van der Waals surface area contributed by atoms with Gasteiger partial charge in [0.1, 0.15) is 11.3 Å². The molecule has 0 unspecified atom stereocenters. The predicted octanol–water partition coefficient (Wildman–Crippen LogP) is 3.81. The zero-order chi connectivity index (χ0) is 17.6. The third-order valence-electron chi connectivity index (χ3n) is 3.77. The number of hydrogen-bond donors (Lipinski definition) is 2. The molecule has 0 saturated heterocycles. The minimum Gasteiger partial charge on any atom is -0.493 e. The number of fused-ring (bicyclic) bond motifs is 1. The van der Waals surface area contributed by atoms with Gasteiger partial charge in [-0.3, -0.25) is 0 Å². The zero-order valence-electron chi connectivity index (χ0n) is 14.2. The van der Waals surface area contributed by atoms with Crippen LogP contribution in [-0.2, 0) is 6.42 Å². The fourth-order valence-corrected chi connectivity index (χ4v) is 2.55. The van der Waals surface area contributed by atoms with E-state index in [4.69, 9.17) is 13.9 Å². The molecule has 0 fully saturated rings. The molecule has 0 radical (unpaired) electrons. The fraction of sp³-hybridized carbons (Fsp3) is 0.211. The average Bonchev–Trinajstić information content (AvgIpc) is 3.04. The topological polar surface area (TPSA) is 72.7 Å². The fourth-order valence-electron chi connectivity index (χ4n) is 2.55. The molecule has 2 amide bonds. The summed E-state index contributed by atoms with van der Waals surface area (Å²) in [5.74, 6) is 2.01. The van der Waals surface area contributed by atoms with Crippen LogP contribution in [0.2, 0.25) is 0 Å². The lowest BCUT2D eigenvalue weighted by atomic mass is 10.2. The van der Waals surface area contributed by atoms with Gasteiger partial charge >= 0.3 is 6.03 Å². The van der Waals surface area contributed by atoms with E-state index in [1.165, 1.54) is 0 Å². The maximum Gasteiger partial charge on any atom is 0.319 e. The number of carbonyl (C=O) groups excluding carboxylic acids is 1. The van der Waals surface area contributed by atoms with Crippen molar-refractivity contribution in [3.05, 3.63) is 54.3 Å². The lowest BCUT2D eigenvalue weighted by molar-refractivity contribution is 0.252. The first-order valence-electron chi connectivity index (χ1n) is 7.94. The maximum atomic E-state index is 12.0. The number of ether oxygens (including phenoxy) is 2. The first kappa shape index (κ1) is 16.7. The van der Waals surface area contributed by atoms with Crippen molar-refractivity contribution in [1.29, 1.82) is 0 Å². The molecule has 2 aromatic carbocycles. The summed E-state index contributed by atoms with van der Waals surface area (Å²) in [5.41, 5.74) is 1.48. The van der Waals surface area contributed by atoms with E-state index in [1.54, 1.807) is 32.4 Å². The van der Waals surface area contributed by atoms with Crippen molar-refractivity contribution in [1.82, 2.24) is 5.32 Å². The Morgan fingerprint density at radius 2 is 1.84 bits per heavy atom. The number of rotatable bonds is 6. The summed E-state index contributed by atoms with van der Waals surface area (Å²) in [6.45, 7) is 0.471. The molecule has 2 N–H and O–H groups in total. The second-order valence-electron chi connectivity index (χ2n) is 5.45. The van der Waals surface area contributed by atoms with Gasteiger partial charge in [0.25, 0.3) is 0 Å². The van der Waals surface area contributed by atoms with E-state index in [9.17, 15) is 4.79 Å². The van der Waals surface area contributed by atoms with Crippen LogP contribution < -0.4 is 20.1 Å². The quantitative estimate of drug-likeness (QED) is 0.715. The summed E-state index contributed by atoms with van der Waals surface area (Å²) in [5, 5.41) is 6.63. The minimum atomic E-state index is -0.289. The predicted molar refractivity (Wildman–Crippen MR) is 96.5 cm³/mol. The van der Waals surface area contributed by atoms with Crippen molar-refractivity contribution in [2.45, 2.75) is 6.42 Å². The SMILES string of the molecule is COc1ccc(NC(=O)NCCc2cc3ccccc3o2)cc1OC. The van der Waals surface area contributed by atoms with Gasteiger partial charge in [-0.25, -0.2) is 4.79 Å². The molecule has 1 aromatic heterocycles. The molecule has 0 aliphatic heterocycles. The van der Waals surface area contributed by atoms with Crippen molar-refractivity contribution in [3.8, 4) is 11.5 Å². The normalized spacial score (nSPS) is 10.5. The number of anilines is 1. The third kappa shape index (κ3) is 4.03. The van der Waals surface area contributed by atoms with Crippen LogP contribution in [0.25, 0.3) is 11.0 Å². The van der Waals surface area contributed by atoms with Crippen LogP contribution in [0, 0.1) is 0 Å². The van der Waals surface area contributed by atoms with Gasteiger partial charge in [-0.1, -0.05) is 18.2 Å². The van der Waals surface area contributed by atoms with Crippen molar-refractivity contribution < 1.29 is 18.7 Å². The molecular formula is C19H20N2O4. The summed E-state index contributed by atoms with van der Waals surface area (Å²) in [6.07, 6.45) is 0.619. The van der Waals surface area contributed by atoms with Crippen LogP contribution in [0.15, 0.2) is 52.9 Å². The molecule has 0 atom stereocenters. The number of furan rings is 1. The van der Waals surface area contributed by atoms with E-state index >= 15 is 0 Å². The van der Waals surface area contributed by atoms with Crippen LogP contribution in [0.1, 0.15) is 5.76 Å². The zero-order valence-corrected chi connectivity index (χ0v) is 14.2. The summed E-state index contributed by atoms with van der Waals surface area (Å²) in [6, 6.07) is 14.7. The largest absolute Gasteiger partial charge is 0.493 e. The highest BCUT2D eigenvalue weighted by Crippen LogP contribution is 2.29. The Kier molecular flexibility index (Phi) is 5.09. The van der Waals surface area contributed by atoms with Crippen LogP contribution in [0.4, 0.5) is 10.5 Å². The third-order valence-corrected chi connectivity index (χ3v) is 3.77. The minimum absolute atomic E-state index is 0.289. The molecule has 3 aromatic rings. The molecule has 3 rings (SSSR count). The smallest absolute Gasteiger partial charge is 0.319 e. The number of urea groups is 1. The Labute approximate surface area is 145 Å². The Morgan fingerprint density at radius 3 is 2.60 bits per heavy atom. The standard InChI is InChI=1S/C19H20N2O4/c1-23-17-8-7-14(12-18(17)24-2)21-19(22)20-10-9-15-11-13-5-3-4-6-16(13)25-15/h3-8,11-12H,9-10H2,1-2H3,(H2,20,21,22). The van der Waals surface area contributed by atoms with Crippen molar-refractivity contribution in [2.24, 2.45) is 0 Å². The molecule has 1 heterocycles. The summed E-state index contributed by atoms with van der Waals surface area (Å²) in [4.78, 5) is 12.0. The number of amides is 2. The Bertz CT molecular complexity index is 840. The molecule has 0 bridgehead atoms. The van der Waals surface area contributed by atoms with Gasteiger partial charge in [-0.05, 0) is 24.3 Å². The molecule has 0 saturated carbocycles. The number of nitrogens with one attached hydrogen (secondary N) is 2. The number of para-hydroxylation sites is 1. The Balaban J connectivity index is 1.52. The number of methoxy groups -OCH3 is 2. The highest BCUT2D eigenvalue weighted by atomic mass is 16.5. The number of carbonyl (C=O) groups is 1. The molecule has 25 heavy (non-hydrogen) atoms. The highest BCUT2D eigenvalue weighted by molar-refractivity contribution is 5.89. The second-order valence-corrected chi connectivity index (χ2v) is 5.45. The van der Waals surface area contributed by atoms with E-state index in [-0.39, 0.29) is 6.03 Å². The van der Waals surface area contributed by atoms with Crippen LogP contribution in [0.3, 0.4) is 0 Å². The van der Waals surface area contributed by atoms with Gasteiger partial charge in [0.2, 0.25) is 0 Å². The lowest BCUT2D eigenvalue weighted by Crippen LogP contribution is -2.30. The van der Waals surface area contributed by atoms with Gasteiger partial charge in [-0.15, -0.1) is 0 Å². The van der Waals surface area contributed by atoms with Crippen LogP contribution in [-0.4, -0.2) is 26.8 Å². The van der Waals surface area contributed by atoms with Gasteiger partial charge in [0, 0.05) is 30.1 Å². The van der Waals surface area contributed by atoms with E-state index in [1.807, 2.05) is 30.3 Å². The molecule has 0 spiro atoms. The first-order valence-corrected chi connectivity index (χ1v) is 7.94. The van der Waals surface area contributed by atoms with Crippen LogP contribution >= 0.6 is 0 Å². The van der Waals surface area contributed by atoms with Gasteiger partial charge < -0.3 is 24.5 Å². The summed E-state index contributed by atoms with van der Waals surface area (Å²) < 4.78 is 16.1.